The summed E-state index contributed by atoms with van der Waals surface area (Å²) in [5, 5.41) is 6.37. The summed E-state index contributed by atoms with van der Waals surface area (Å²) in [6, 6.07) is 8.35. The van der Waals surface area contributed by atoms with E-state index in [2.05, 4.69) is 17.6 Å². The molecule has 0 atom stereocenters. The first-order chi connectivity index (χ1) is 9.70. The maximum absolute atomic E-state index is 12.5. The van der Waals surface area contributed by atoms with Gasteiger partial charge in [0.1, 0.15) is 0 Å². The first kappa shape index (κ1) is 14.9. The molecule has 1 fully saturated rings. The van der Waals surface area contributed by atoms with Gasteiger partial charge < -0.3 is 15.5 Å². The van der Waals surface area contributed by atoms with Crippen molar-refractivity contribution in [2.75, 3.05) is 25.0 Å². The second-order valence-electron chi connectivity index (χ2n) is 5.47. The minimum absolute atomic E-state index is 0.0302. The number of amides is 2. The van der Waals surface area contributed by atoms with Gasteiger partial charge in [-0.25, -0.2) is 4.79 Å². The lowest BCUT2D eigenvalue weighted by atomic mass is 10.0. The van der Waals surface area contributed by atoms with Crippen molar-refractivity contribution in [3.63, 3.8) is 0 Å². The molecule has 1 saturated heterocycles. The average molecular weight is 275 g/mol. The smallest absolute Gasteiger partial charge is 0.321 e. The highest BCUT2D eigenvalue weighted by atomic mass is 16.2. The molecular formula is C16H25N3O. The number of piperidine rings is 1. The van der Waals surface area contributed by atoms with E-state index in [1.165, 1.54) is 5.56 Å². The highest BCUT2D eigenvalue weighted by Gasteiger charge is 2.24. The fourth-order valence-corrected chi connectivity index (χ4v) is 2.64. The molecule has 4 nitrogen and oxygen atoms in total. The molecule has 1 aliphatic heterocycles. The van der Waals surface area contributed by atoms with Crippen molar-refractivity contribution < 1.29 is 4.79 Å². The summed E-state index contributed by atoms with van der Waals surface area (Å²) in [5.41, 5.74) is 2.07. The van der Waals surface area contributed by atoms with Gasteiger partial charge in [-0.05, 0) is 51.4 Å². The van der Waals surface area contributed by atoms with E-state index in [4.69, 9.17) is 0 Å². The lowest BCUT2D eigenvalue weighted by Crippen LogP contribution is -2.48. The summed E-state index contributed by atoms with van der Waals surface area (Å²) < 4.78 is 0. The third kappa shape index (κ3) is 3.97. The van der Waals surface area contributed by atoms with Gasteiger partial charge in [0.2, 0.25) is 0 Å². The first-order valence-corrected chi connectivity index (χ1v) is 7.55. The number of hydrogen-bond acceptors (Lipinski definition) is 2. The van der Waals surface area contributed by atoms with Crippen LogP contribution in [0.3, 0.4) is 0 Å². The Labute approximate surface area is 121 Å². The van der Waals surface area contributed by atoms with Gasteiger partial charge in [0.15, 0.2) is 0 Å². The lowest BCUT2D eigenvalue weighted by Gasteiger charge is -2.34. The number of hydrogen-bond donors (Lipinski definition) is 2. The van der Waals surface area contributed by atoms with Crippen LogP contribution in [0.15, 0.2) is 24.3 Å². The molecule has 1 aliphatic rings. The second kappa shape index (κ2) is 7.29. The molecule has 0 unspecified atom stereocenters. The third-order valence-corrected chi connectivity index (χ3v) is 3.78. The van der Waals surface area contributed by atoms with Crippen LogP contribution in [0.1, 0.15) is 31.7 Å². The molecule has 0 radical (unpaired) electrons. The first-order valence-electron chi connectivity index (χ1n) is 7.55. The molecule has 1 heterocycles. The van der Waals surface area contributed by atoms with E-state index in [1.807, 2.05) is 36.1 Å². The predicted octanol–water partition coefficient (Wildman–Crippen LogP) is 2.99. The summed E-state index contributed by atoms with van der Waals surface area (Å²) in [5.74, 6) is 0. The van der Waals surface area contributed by atoms with E-state index < -0.39 is 0 Å². The molecule has 2 rings (SSSR count). The van der Waals surface area contributed by atoms with E-state index in [9.17, 15) is 4.79 Å². The van der Waals surface area contributed by atoms with Gasteiger partial charge in [0.05, 0.1) is 0 Å². The standard InChI is InChI=1S/C16H25N3O/c1-3-12-19(15-8-10-17-11-9-15)16(20)18-14-6-4-13(2)5-7-14/h4-7,15,17H,3,8-12H2,1-2H3,(H,18,20). The molecule has 0 aliphatic carbocycles. The van der Waals surface area contributed by atoms with E-state index in [1.54, 1.807) is 0 Å². The number of nitrogens with one attached hydrogen (secondary N) is 2. The number of nitrogens with zero attached hydrogens (tertiary/aromatic N) is 1. The van der Waals surface area contributed by atoms with Crippen LogP contribution in [-0.4, -0.2) is 36.6 Å². The van der Waals surface area contributed by atoms with E-state index in [0.29, 0.717) is 6.04 Å². The fraction of sp³-hybridized carbons (Fsp3) is 0.562. The molecule has 1 aromatic rings. The summed E-state index contributed by atoms with van der Waals surface area (Å²) in [6.45, 7) is 6.99. The Morgan fingerprint density at radius 1 is 1.30 bits per heavy atom. The van der Waals surface area contributed by atoms with Crippen molar-refractivity contribution >= 4 is 11.7 Å². The predicted molar refractivity (Wildman–Crippen MR) is 83.1 cm³/mol. The van der Waals surface area contributed by atoms with Crippen molar-refractivity contribution in [1.82, 2.24) is 10.2 Å². The molecule has 110 valence electrons. The highest BCUT2D eigenvalue weighted by Crippen LogP contribution is 2.15. The largest absolute Gasteiger partial charge is 0.322 e. The Balaban J connectivity index is 2.00. The minimum Gasteiger partial charge on any atom is -0.321 e. The van der Waals surface area contributed by atoms with Gasteiger partial charge in [0.25, 0.3) is 0 Å². The third-order valence-electron chi connectivity index (χ3n) is 3.78. The summed E-state index contributed by atoms with van der Waals surface area (Å²) >= 11 is 0. The van der Waals surface area contributed by atoms with E-state index in [0.717, 1.165) is 44.6 Å². The van der Waals surface area contributed by atoms with Crippen molar-refractivity contribution in [2.45, 2.75) is 39.2 Å². The zero-order valence-corrected chi connectivity index (χ0v) is 12.5. The molecule has 2 N–H and O–H groups in total. The Morgan fingerprint density at radius 2 is 1.95 bits per heavy atom. The molecule has 4 heteroatoms. The van der Waals surface area contributed by atoms with Crippen molar-refractivity contribution in [3.8, 4) is 0 Å². The molecule has 0 aromatic heterocycles. The maximum Gasteiger partial charge on any atom is 0.322 e. The second-order valence-corrected chi connectivity index (χ2v) is 5.47. The summed E-state index contributed by atoms with van der Waals surface area (Å²) in [6.07, 6.45) is 3.08. The molecule has 20 heavy (non-hydrogen) atoms. The summed E-state index contributed by atoms with van der Waals surface area (Å²) in [7, 11) is 0. The quantitative estimate of drug-likeness (QED) is 0.887. The number of rotatable bonds is 4. The topological polar surface area (TPSA) is 44.4 Å². The van der Waals surface area contributed by atoms with Crippen LogP contribution in [0.4, 0.5) is 10.5 Å². The number of carbonyl (C=O) groups is 1. The van der Waals surface area contributed by atoms with Gasteiger partial charge in [-0.2, -0.15) is 0 Å². The highest BCUT2D eigenvalue weighted by molar-refractivity contribution is 5.89. The number of benzene rings is 1. The normalized spacial score (nSPS) is 15.9. The fourth-order valence-electron chi connectivity index (χ4n) is 2.64. The molecule has 1 aromatic carbocycles. The van der Waals surface area contributed by atoms with Crippen LogP contribution in [0.5, 0.6) is 0 Å². The zero-order valence-electron chi connectivity index (χ0n) is 12.5. The van der Waals surface area contributed by atoms with Gasteiger partial charge in [-0.3, -0.25) is 0 Å². The Hall–Kier alpha value is -1.55. The Kier molecular flexibility index (Phi) is 5.41. The van der Waals surface area contributed by atoms with E-state index >= 15 is 0 Å². The Bertz CT molecular complexity index is 424. The van der Waals surface area contributed by atoms with Crippen LogP contribution >= 0.6 is 0 Å². The summed E-state index contributed by atoms with van der Waals surface area (Å²) in [4.78, 5) is 14.5. The van der Waals surface area contributed by atoms with Gasteiger partial charge in [0, 0.05) is 18.3 Å². The van der Waals surface area contributed by atoms with Gasteiger partial charge >= 0.3 is 6.03 Å². The molecule has 0 saturated carbocycles. The molecular weight excluding hydrogens is 250 g/mol. The zero-order chi connectivity index (χ0) is 14.4. The SMILES string of the molecule is CCCN(C(=O)Nc1ccc(C)cc1)C1CCNCC1. The number of aryl methyl sites for hydroxylation is 1. The van der Waals surface area contributed by atoms with Crippen LogP contribution in [0, 0.1) is 6.92 Å². The van der Waals surface area contributed by atoms with Crippen LogP contribution < -0.4 is 10.6 Å². The lowest BCUT2D eigenvalue weighted by molar-refractivity contribution is 0.171. The Morgan fingerprint density at radius 3 is 2.55 bits per heavy atom. The van der Waals surface area contributed by atoms with Gasteiger partial charge in [-0.15, -0.1) is 0 Å². The van der Waals surface area contributed by atoms with E-state index in [-0.39, 0.29) is 6.03 Å². The van der Waals surface area contributed by atoms with Crippen LogP contribution in [-0.2, 0) is 0 Å². The number of carbonyl (C=O) groups excluding carboxylic acids is 1. The van der Waals surface area contributed by atoms with Gasteiger partial charge in [-0.1, -0.05) is 24.6 Å². The molecule has 0 spiro atoms. The molecule has 2 amide bonds. The van der Waals surface area contributed by atoms with Crippen LogP contribution in [0.2, 0.25) is 0 Å². The number of anilines is 1. The van der Waals surface area contributed by atoms with Crippen LogP contribution in [0.25, 0.3) is 0 Å². The minimum atomic E-state index is 0.0302. The van der Waals surface area contributed by atoms with Crippen molar-refractivity contribution in [1.29, 1.82) is 0 Å². The number of urea groups is 1. The molecule has 0 bridgehead atoms. The monoisotopic (exact) mass is 275 g/mol. The van der Waals surface area contributed by atoms with Crippen molar-refractivity contribution in [2.24, 2.45) is 0 Å². The maximum atomic E-state index is 12.5. The van der Waals surface area contributed by atoms with Crippen molar-refractivity contribution in [3.05, 3.63) is 29.8 Å². The average Bonchev–Trinajstić information content (AvgIpc) is 2.48.